The number of aromatic amines is 2. The van der Waals surface area contributed by atoms with E-state index in [-0.39, 0.29) is 4.77 Å². The van der Waals surface area contributed by atoms with Crippen molar-refractivity contribution in [1.29, 1.82) is 5.26 Å². The van der Waals surface area contributed by atoms with Crippen molar-refractivity contribution in [1.82, 2.24) is 9.97 Å². The molecule has 28 heavy (non-hydrogen) atoms. The number of H-pyrrole nitrogens is 2. The Morgan fingerprint density at radius 2 is 1.79 bits per heavy atom. The van der Waals surface area contributed by atoms with E-state index in [2.05, 4.69) is 37.3 Å². The Kier molecular flexibility index (Phi) is 4.67. The van der Waals surface area contributed by atoms with Crippen molar-refractivity contribution in [3.63, 3.8) is 0 Å². The molecule has 0 radical (unpaired) electrons. The first-order valence-electron chi connectivity index (χ1n) is 8.51. The molecule has 3 aromatic rings. The number of hydrogen-bond donors (Lipinski definition) is 4. The summed E-state index contributed by atoms with van der Waals surface area (Å²) in [4.78, 5) is 18.3. The van der Waals surface area contributed by atoms with Gasteiger partial charge in [0.1, 0.15) is 11.7 Å². The summed E-state index contributed by atoms with van der Waals surface area (Å²) in [5.74, 6) is -1.33. The molecule has 140 valence electrons. The zero-order valence-electron chi connectivity index (χ0n) is 14.4. The van der Waals surface area contributed by atoms with Gasteiger partial charge in [-0.05, 0) is 29.9 Å². The van der Waals surface area contributed by atoms with Crippen LogP contribution in [0.25, 0.3) is 0 Å². The predicted octanol–water partition coefficient (Wildman–Crippen LogP) is 3.74. The summed E-state index contributed by atoms with van der Waals surface area (Å²) < 4.78 is 1.01. The maximum Gasteiger partial charge on any atom is 0.257 e. The van der Waals surface area contributed by atoms with Crippen molar-refractivity contribution in [2.24, 2.45) is 5.92 Å². The number of aliphatic hydroxyl groups is 1. The monoisotopic (exact) mass is 454 g/mol. The third kappa shape index (κ3) is 2.98. The van der Waals surface area contributed by atoms with Gasteiger partial charge in [0.05, 0.1) is 11.6 Å². The van der Waals surface area contributed by atoms with Gasteiger partial charge in [-0.2, -0.15) is 5.26 Å². The van der Waals surface area contributed by atoms with Gasteiger partial charge >= 0.3 is 0 Å². The van der Waals surface area contributed by atoms with Crippen LogP contribution >= 0.6 is 28.1 Å². The number of benzene rings is 2. The van der Waals surface area contributed by atoms with E-state index in [4.69, 9.17) is 12.2 Å². The lowest BCUT2D eigenvalue weighted by molar-refractivity contribution is 0.0143. The maximum atomic E-state index is 12.8. The average molecular weight is 455 g/mol. The smallest absolute Gasteiger partial charge is 0.257 e. The van der Waals surface area contributed by atoms with E-state index in [0.29, 0.717) is 16.9 Å². The molecular formula is C20H15BrN4O2S. The van der Waals surface area contributed by atoms with E-state index in [1.165, 1.54) is 0 Å². The standard InChI is InChI=1S/C20H15BrN4O2S/c21-13-8-6-11(7-9-13)15-14(10-22)20(27,12-4-2-1-3-5-12)25-17-16(15)18(26)24-19(28)23-17/h1-9,14-15,27H,(H3,23,24,25,26,28). The molecule has 8 heteroatoms. The minimum absolute atomic E-state index is 0.136. The summed E-state index contributed by atoms with van der Waals surface area (Å²) in [7, 11) is 0. The topological polar surface area (TPSA) is 105 Å². The number of nitriles is 1. The van der Waals surface area contributed by atoms with Crippen LogP contribution in [0.15, 0.2) is 63.9 Å². The second-order valence-corrected chi connectivity index (χ2v) is 7.91. The molecule has 3 atom stereocenters. The predicted molar refractivity (Wildman–Crippen MR) is 111 cm³/mol. The maximum absolute atomic E-state index is 12.8. The number of nitrogens with one attached hydrogen (secondary N) is 3. The number of halogens is 1. The second-order valence-electron chi connectivity index (χ2n) is 6.59. The first-order chi connectivity index (χ1) is 13.4. The largest absolute Gasteiger partial charge is 0.366 e. The minimum Gasteiger partial charge on any atom is -0.366 e. The van der Waals surface area contributed by atoms with Gasteiger partial charge in [-0.25, -0.2) is 0 Å². The van der Waals surface area contributed by atoms with Crippen LogP contribution in [0.5, 0.6) is 0 Å². The third-order valence-corrected chi connectivity index (χ3v) is 5.70. The van der Waals surface area contributed by atoms with Crippen molar-refractivity contribution in [3.8, 4) is 6.07 Å². The van der Waals surface area contributed by atoms with Crippen LogP contribution in [0.1, 0.15) is 22.6 Å². The van der Waals surface area contributed by atoms with Crippen molar-refractivity contribution >= 4 is 34.0 Å². The number of hydrogen-bond acceptors (Lipinski definition) is 5. The quantitative estimate of drug-likeness (QED) is 0.441. The summed E-state index contributed by atoms with van der Waals surface area (Å²) in [5.41, 5.74) is -0.512. The van der Waals surface area contributed by atoms with Crippen molar-refractivity contribution in [3.05, 3.63) is 90.9 Å². The van der Waals surface area contributed by atoms with Crippen LogP contribution < -0.4 is 10.9 Å². The summed E-state index contributed by atoms with van der Waals surface area (Å²) in [6, 6.07) is 18.4. The molecule has 0 saturated carbocycles. The van der Waals surface area contributed by atoms with Gasteiger partial charge in [0.25, 0.3) is 5.56 Å². The van der Waals surface area contributed by atoms with E-state index in [1.807, 2.05) is 30.3 Å². The fraction of sp³-hybridized carbons (Fsp3) is 0.150. The summed E-state index contributed by atoms with van der Waals surface area (Å²) >= 11 is 8.50. The highest BCUT2D eigenvalue weighted by Crippen LogP contribution is 2.47. The van der Waals surface area contributed by atoms with Crippen LogP contribution in [-0.2, 0) is 5.72 Å². The first kappa shape index (κ1) is 18.6. The number of fused-ring (bicyclic) bond motifs is 1. The SMILES string of the molecule is N#CC1C(c2ccc(Br)cc2)c2c([nH]c(=S)[nH]c2=O)NC1(O)c1ccccc1. The molecule has 1 aliphatic rings. The molecule has 0 amide bonds. The molecule has 0 aliphatic carbocycles. The summed E-state index contributed by atoms with van der Waals surface area (Å²) in [5, 5.41) is 24.6. The highest BCUT2D eigenvalue weighted by Gasteiger charge is 2.50. The Balaban J connectivity index is 2.02. The number of aromatic nitrogens is 2. The van der Waals surface area contributed by atoms with E-state index in [1.54, 1.807) is 24.3 Å². The molecule has 6 nitrogen and oxygen atoms in total. The summed E-state index contributed by atoms with van der Waals surface area (Å²) in [6.45, 7) is 0. The fourth-order valence-corrected chi connectivity index (χ4v) is 4.17. The van der Waals surface area contributed by atoms with Gasteiger partial charge in [0.15, 0.2) is 10.5 Å². The average Bonchev–Trinajstić information content (AvgIpc) is 2.68. The van der Waals surface area contributed by atoms with E-state index < -0.39 is 23.1 Å². The molecule has 0 fully saturated rings. The zero-order valence-corrected chi connectivity index (χ0v) is 16.8. The Labute approximate surface area is 174 Å². The first-order valence-corrected chi connectivity index (χ1v) is 9.72. The van der Waals surface area contributed by atoms with Crippen LogP contribution in [0.4, 0.5) is 5.82 Å². The second kappa shape index (κ2) is 7.02. The summed E-state index contributed by atoms with van der Waals surface area (Å²) in [6.07, 6.45) is 0. The van der Waals surface area contributed by atoms with Gasteiger partial charge in [-0.1, -0.05) is 58.4 Å². The van der Waals surface area contributed by atoms with E-state index >= 15 is 0 Å². The highest BCUT2D eigenvalue weighted by atomic mass is 79.9. The van der Waals surface area contributed by atoms with Crippen molar-refractivity contribution < 1.29 is 5.11 Å². The third-order valence-electron chi connectivity index (χ3n) is 4.97. The minimum atomic E-state index is -1.72. The highest BCUT2D eigenvalue weighted by molar-refractivity contribution is 9.10. The van der Waals surface area contributed by atoms with Crippen LogP contribution in [0.2, 0.25) is 0 Å². The number of anilines is 1. The lowest BCUT2D eigenvalue weighted by Crippen LogP contribution is -2.50. The van der Waals surface area contributed by atoms with Crippen molar-refractivity contribution in [2.75, 3.05) is 5.32 Å². The number of rotatable bonds is 2. The van der Waals surface area contributed by atoms with E-state index in [0.717, 1.165) is 10.0 Å². The zero-order chi connectivity index (χ0) is 19.9. The van der Waals surface area contributed by atoms with Gasteiger partial charge in [-0.15, -0.1) is 0 Å². The van der Waals surface area contributed by atoms with Gasteiger partial charge in [0, 0.05) is 16.0 Å². The number of nitrogens with zero attached hydrogens (tertiary/aromatic N) is 1. The van der Waals surface area contributed by atoms with Gasteiger partial charge in [-0.3, -0.25) is 9.78 Å². The molecular weight excluding hydrogens is 440 g/mol. The Bertz CT molecular complexity index is 1180. The Hall–Kier alpha value is -2.73. The van der Waals surface area contributed by atoms with Crippen LogP contribution in [-0.4, -0.2) is 15.1 Å². The van der Waals surface area contributed by atoms with E-state index in [9.17, 15) is 15.2 Å². The Morgan fingerprint density at radius 3 is 2.43 bits per heavy atom. The Morgan fingerprint density at radius 1 is 1.11 bits per heavy atom. The lowest BCUT2D eigenvalue weighted by Gasteiger charge is -2.43. The molecule has 4 N–H and O–H groups in total. The molecule has 0 spiro atoms. The molecule has 4 rings (SSSR count). The molecule has 1 aromatic heterocycles. The molecule has 1 aliphatic heterocycles. The fourth-order valence-electron chi connectivity index (χ4n) is 3.71. The van der Waals surface area contributed by atoms with Crippen molar-refractivity contribution in [2.45, 2.75) is 11.6 Å². The molecule has 2 aromatic carbocycles. The van der Waals surface area contributed by atoms with Crippen LogP contribution in [0.3, 0.4) is 0 Å². The van der Waals surface area contributed by atoms with Gasteiger partial charge < -0.3 is 15.4 Å². The molecule has 2 heterocycles. The molecule has 0 bridgehead atoms. The lowest BCUT2D eigenvalue weighted by atomic mass is 9.71. The molecule has 3 unspecified atom stereocenters. The normalized spacial score (nSPS) is 23.3. The van der Waals surface area contributed by atoms with Gasteiger partial charge in [0.2, 0.25) is 0 Å². The van der Waals surface area contributed by atoms with Crippen LogP contribution in [0, 0.1) is 22.0 Å². The molecule has 0 saturated heterocycles.